The van der Waals surface area contributed by atoms with Crippen molar-refractivity contribution in [2.75, 3.05) is 20.2 Å². The summed E-state index contributed by atoms with van der Waals surface area (Å²) in [4.78, 5) is 2.87. The molecular weight excluding hydrogens is 274 g/mol. The molecule has 1 heterocycles. The molecule has 0 radical (unpaired) electrons. The molecule has 0 amide bonds. The molecule has 1 saturated carbocycles. The number of hydrogen-bond acceptors (Lipinski definition) is 2. The van der Waals surface area contributed by atoms with Crippen molar-refractivity contribution < 1.29 is 4.43 Å². The molecule has 1 atom stereocenters. The van der Waals surface area contributed by atoms with Gasteiger partial charge < -0.3 is 9.33 Å². The molecule has 21 heavy (non-hydrogen) atoms. The molecule has 0 bridgehead atoms. The summed E-state index contributed by atoms with van der Waals surface area (Å²) in [6.45, 7) is 7.54. The lowest BCUT2D eigenvalue weighted by atomic mass is 9.89. The van der Waals surface area contributed by atoms with Gasteiger partial charge in [-0.15, -0.1) is 0 Å². The summed E-state index contributed by atoms with van der Waals surface area (Å²) in [6.07, 6.45) is 15.8. The number of hydrogen-bond donors (Lipinski definition) is 0. The fourth-order valence-corrected chi connectivity index (χ4v) is 6.65. The Balaban J connectivity index is 2.04. The fraction of sp³-hybridized carbons (Fsp3) is 1.00. The molecule has 0 aromatic rings. The topological polar surface area (TPSA) is 12.5 Å². The molecular formula is C18H37NOSi. The molecule has 1 unspecified atom stereocenters. The Bertz CT molecular complexity index is 289. The Morgan fingerprint density at radius 3 is 2.14 bits per heavy atom. The van der Waals surface area contributed by atoms with E-state index < -0.39 is 8.32 Å². The average Bonchev–Trinajstić information content (AvgIpc) is 2.61. The Labute approximate surface area is 133 Å². The molecule has 0 aromatic heterocycles. The Hall–Kier alpha value is 0.137. The molecule has 0 N–H and O–H groups in total. The van der Waals surface area contributed by atoms with Crippen molar-refractivity contribution in [3.05, 3.63) is 0 Å². The van der Waals surface area contributed by atoms with Crippen LogP contribution in [-0.2, 0) is 4.43 Å². The van der Waals surface area contributed by atoms with Crippen molar-refractivity contribution >= 4 is 8.32 Å². The van der Waals surface area contributed by atoms with Crippen LogP contribution in [-0.4, -0.2) is 39.1 Å². The van der Waals surface area contributed by atoms with E-state index in [1.807, 2.05) is 7.11 Å². The fourth-order valence-electron chi connectivity index (χ4n) is 4.36. The van der Waals surface area contributed by atoms with Crippen LogP contribution in [0.2, 0.25) is 13.1 Å². The van der Waals surface area contributed by atoms with E-state index in [0.29, 0.717) is 0 Å². The zero-order valence-electron chi connectivity index (χ0n) is 14.7. The third-order valence-electron chi connectivity index (χ3n) is 5.91. The molecule has 2 rings (SSSR count). The van der Waals surface area contributed by atoms with Crippen LogP contribution in [0.15, 0.2) is 0 Å². The van der Waals surface area contributed by atoms with Crippen LogP contribution in [0.5, 0.6) is 0 Å². The first-order valence-corrected chi connectivity index (χ1v) is 12.4. The highest BCUT2D eigenvalue weighted by atomic mass is 28.4. The van der Waals surface area contributed by atoms with Gasteiger partial charge in [-0.3, -0.25) is 0 Å². The summed E-state index contributed by atoms with van der Waals surface area (Å²) in [6, 6.07) is 0. The van der Waals surface area contributed by atoms with Gasteiger partial charge in [-0.2, -0.15) is 0 Å². The first-order chi connectivity index (χ1) is 10.1. The van der Waals surface area contributed by atoms with E-state index >= 15 is 0 Å². The van der Waals surface area contributed by atoms with Crippen LogP contribution < -0.4 is 0 Å². The molecule has 124 valence electrons. The normalized spacial score (nSPS) is 27.9. The highest BCUT2D eigenvalue weighted by molar-refractivity contribution is 6.72. The lowest BCUT2D eigenvalue weighted by Crippen LogP contribution is -2.55. The summed E-state index contributed by atoms with van der Waals surface area (Å²) in [5, 5.41) is 0. The third-order valence-corrected chi connectivity index (χ3v) is 9.22. The molecule has 1 aliphatic heterocycles. The minimum Gasteiger partial charge on any atom is -0.419 e. The number of nitrogens with zero attached hydrogens (tertiary/aromatic N) is 1. The zero-order chi connectivity index (χ0) is 15.1. The quantitative estimate of drug-likeness (QED) is 0.679. The maximum absolute atomic E-state index is 6.03. The van der Waals surface area contributed by atoms with E-state index in [2.05, 4.69) is 18.0 Å². The molecule has 0 aromatic carbocycles. The van der Waals surface area contributed by atoms with E-state index in [0.717, 1.165) is 11.6 Å². The SMILES string of the molecule is CO[Si](C)(C)C1CCCCCCCN1CC1CCCCC1. The maximum Gasteiger partial charge on any atom is 0.202 e. The van der Waals surface area contributed by atoms with Crippen molar-refractivity contribution in [2.24, 2.45) is 5.92 Å². The van der Waals surface area contributed by atoms with Crippen molar-refractivity contribution in [3.8, 4) is 0 Å². The van der Waals surface area contributed by atoms with Crippen LogP contribution in [0, 0.1) is 5.92 Å². The van der Waals surface area contributed by atoms with Crippen LogP contribution in [0.3, 0.4) is 0 Å². The largest absolute Gasteiger partial charge is 0.419 e. The Kier molecular flexibility index (Phi) is 7.23. The van der Waals surface area contributed by atoms with E-state index in [1.165, 1.54) is 83.7 Å². The minimum absolute atomic E-state index is 0.738. The average molecular weight is 312 g/mol. The second-order valence-corrected chi connectivity index (χ2v) is 12.2. The summed E-state index contributed by atoms with van der Waals surface area (Å²) in [5.41, 5.74) is 0.738. The van der Waals surface area contributed by atoms with E-state index in [9.17, 15) is 0 Å². The van der Waals surface area contributed by atoms with Gasteiger partial charge in [-0.25, -0.2) is 0 Å². The highest BCUT2D eigenvalue weighted by Gasteiger charge is 2.37. The van der Waals surface area contributed by atoms with Crippen LogP contribution in [0.25, 0.3) is 0 Å². The van der Waals surface area contributed by atoms with Crippen molar-refractivity contribution in [2.45, 2.75) is 89.4 Å². The van der Waals surface area contributed by atoms with Gasteiger partial charge in [0.15, 0.2) is 0 Å². The van der Waals surface area contributed by atoms with Gasteiger partial charge in [0.2, 0.25) is 8.32 Å². The molecule has 2 aliphatic rings. The first-order valence-electron chi connectivity index (χ1n) is 9.42. The van der Waals surface area contributed by atoms with Gasteiger partial charge in [0.1, 0.15) is 0 Å². The first kappa shape index (κ1) is 17.5. The highest BCUT2D eigenvalue weighted by Crippen LogP contribution is 2.29. The van der Waals surface area contributed by atoms with E-state index in [1.54, 1.807) is 0 Å². The predicted molar refractivity (Wildman–Crippen MR) is 94.1 cm³/mol. The molecule has 0 spiro atoms. The molecule has 3 heteroatoms. The Morgan fingerprint density at radius 1 is 0.857 bits per heavy atom. The minimum atomic E-state index is -1.58. The molecule has 2 fully saturated rings. The van der Waals surface area contributed by atoms with Gasteiger partial charge in [0.25, 0.3) is 0 Å². The van der Waals surface area contributed by atoms with Gasteiger partial charge in [0, 0.05) is 19.3 Å². The van der Waals surface area contributed by atoms with Gasteiger partial charge in [0.05, 0.1) is 0 Å². The lowest BCUT2D eigenvalue weighted by molar-refractivity contribution is 0.161. The van der Waals surface area contributed by atoms with Crippen molar-refractivity contribution in [1.29, 1.82) is 0 Å². The monoisotopic (exact) mass is 311 g/mol. The summed E-state index contributed by atoms with van der Waals surface area (Å²) >= 11 is 0. The van der Waals surface area contributed by atoms with Gasteiger partial charge in [-0.1, -0.05) is 44.9 Å². The Morgan fingerprint density at radius 2 is 1.43 bits per heavy atom. The van der Waals surface area contributed by atoms with Crippen LogP contribution in [0.1, 0.15) is 70.6 Å². The smallest absolute Gasteiger partial charge is 0.202 e. The van der Waals surface area contributed by atoms with Crippen LogP contribution >= 0.6 is 0 Å². The summed E-state index contributed by atoms with van der Waals surface area (Å²) in [7, 11) is 0.381. The zero-order valence-corrected chi connectivity index (χ0v) is 15.7. The van der Waals surface area contributed by atoms with Gasteiger partial charge >= 0.3 is 0 Å². The molecule has 1 aliphatic carbocycles. The molecule has 2 nitrogen and oxygen atoms in total. The predicted octanol–water partition coefficient (Wildman–Crippen LogP) is 4.98. The second kappa shape index (κ2) is 8.69. The third kappa shape index (κ3) is 5.37. The second-order valence-electron chi connectivity index (χ2n) is 7.88. The standard InChI is InChI=1S/C18H37NOSi/c1-20-21(2,3)18-14-10-5-4-6-11-15-19(18)16-17-12-8-7-9-13-17/h17-18H,4-16H2,1-3H3. The van der Waals surface area contributed by atoms with E-state index in [-0.39, 0.29) is 0 Å². The van der Waals surface area contributed by atoms with Crippen molar-refractivity contribution in [3.63, 3.8) is 0 Å². The number of rotatable bonds is 4. The maximum atomic E-state index is 6.03. The van der Waals surface area contributed by atoms with Crippen molar-refractivity contribution in [1.82, 2.24) is 4.90 Å². The van der Waals surface area contributed by atoms with Crippen LogP contribution in [0.4, 0.5) is 0 Å². The molecule has 1 saturated heterocycles. The summed E-state index contributed by atoms with van der Waals surface area (Å²) < 4.78 is 6.03. The van der Waals surface area contributed by atoms with Gasteiger partial charge in [-0.05, 0) is 51.2 Å². The summed E-state index contributed by atoms with van der Waals surface area (Å²) in [5.74, 6) is 0.962. The van der Waals surface area contributed by atoms with E-state index in [4.69, 9.17) is 4.43 Å². The lowest BCUT2D eigenvalue weighted by Gasteiger charge is -2.42.